The van der Waals surface area contributed by atoms with Gasteiger partial charge in [-0.25, -0.2) is 9.97 Å². The number of para-hydroxylation sites is 1. The Hall–Kier alpha value is -2.21. The van der Waals surface area contributed by atoms with Gasteiger partial charge < -0.3 is 15.5 Å². The van der Waals surface area contributed by atoms with E-state index in [-0.39, 0.29) is 0 Å². The number of thioether (sulfide) groups is 1. The van der Waals surface area contributed by atoms with Gasteiger partial charge in [0.2, 0.25) is 0 Å². The molecule has 0 saturated heterocycles. The van der Waals surface area contributed by atoms with Gasteiger partial charge in [-0.1, -0.05) is 12.1 Å². The van der Waals surface area contributed by atoms with E-state index in [0.717, 1.165) is 16.2 Å². The van der Waals surface area contributed by atoms with Crippen molar-refractivity contribution in [1.29, 1.82) is 0 Å². The molecule has 5 nitrogen and oxygen atoms in total. The Morgan fingerprint density at radius 3 is 3.00 bits per heavy atom. The average Bonchev–Trinajstić information content (AvgIpc) is 2.87. The largest absolute Gasteiger partial charge is 0.382 e. The van der Waals surface area contributed by atoms with Crippen LogP contribution in [0, 0.1) is 0 Å². The number of benzene rings is 1. The lowest BCUT2D eigenvalue weighted by atomic mass is 10.3. The number of nitrogens with one attached hydrogen (secondary N) is 1. The Balaban J connectivity index is 2.07. The van der Waals surface area contributed by atoms with E-state index < -0.39 is 0 Å². The van der Waals surface area contributed by atoms with Crippen LogP contribution in [-0.2, 0) is 0 Å². The van der Waals surface area contributed by atoms with E-state index >= 15 is 0 Å². The normalized spacial score (nSPS) is 10.8. The molecule has 0 unspecified atom stereocenters. The maximum atomic E-state index is 5.80. The summed E-state index contributed by atoms with van der Waals surface area (Å²) in [6.45, 7) is 0. The van der Waals surface area contributed by atoms with E-state index in [2.05, 4.69) is 21.4 Å². The van der Waals surface area contributed by atoms with Gasteiger partial charge in [0.1, 0.15) is 5.82 Å². The molecule has 0 saturated carbocycles. The zero-order valence-corrected chi connectivity index (χ0v) is 11.2. The molecule has 3 aromatic rings. The SMILES string of the molecule is CSc1ccccc1Nc1nc(N)cn2ccnc12. The maximum Gasteiger partial charge on any atom is 0.180 e. The first-order valence-electron chi connectivity index (χ1n) is 5.77. The highest BCUT2D eigenvalue weighted by atomic mass is 32.2. The highest BCUT2D eigenvalue weighted by Gasteiger charge is 2.08. The minimum Gasteiger partial charge on any atom is -0.382 e. The number of nitrogens with two attached hydrogens (primary N) is 1. The molecule has 1 aromatic carbocycles. The minimum atomic E-state index is 0.453. The zero-order chi connectivity index (χ0) is 13.2. The lowest BCUT2D eigenvalue weighted by Crippen LogP contribution is -2.02. The Kier molecular flexibility index (Phi) is 3.00. The van der Waals surface area contributed by atoms with Crippen LogP contribution in [-0.4, -0.2) is 20.6 Å². The lowest BCUT2D eigenvalue weighted by molar-refractivity contribution is 1.13. The molecule has 0 amide bonds. The van der Waals surface area contributed by atoms with Crippen LogP contribution in [0.2, 0.25) is 0 Å². The van der Waals surface area contributed by atoms with Gasteiger partial charge >= 0.3 is 0 Å². The molecule has 3 N–H and O–H groups in total. The van der Waals surface area contributed by atoms with E-state index in [1.165, 1.54) is 0 Å². The number of rotatable bonds is 3. The molecule has 0 aliphatic heterocycles. The molecule has 0 aliphatic rings. The van der Waals surface area contributed by atoms with Crippen LogP contribution in [0.1, 0.15) is 0 Å². The van der Waals surface area contributed by atoms with Gasteiger partial charge in [0, 0.05) is 17.3 Å². The van der Waals surface area contributed by atoms with Crippen molar-refractivity contribution in [2.45, 2.75) is 4.90 Å². The fraction of sp³-hybridized carbons (Fsp3) is 0.0769. The highest BCUT2D eigenvalue weighted by molar-refractivity contribution is 7.98. The van der Waals surface area contributed by atoms with Crippen molar-refractivity contribution >= 4 is 34.7 Å². The Labute approximate surface area is 114 Å². The molecule has 96 valence electrons. The topological polar surface area (TPSA) is 68.2 Å². The molecule has 6 heteroatoms. The number of fused-ring (bicyclic) bond motifs is 1. The number of hydrogen-bond donors (Lipinski definition) is 2. The smallest absolute Gasteiger partial charge is 0.180 e. The summed E-state index contributed by atoms with van der Waals surface area (Å²) in [4.78, 5) is 9.75. The summed E-state index contributed by atoms with van der Waals surface area (Å²) >= 11 is 1.68. The number of aromatic nitrogens is 3. The molecule has 0 spiro atoms. The third-order valence-corrected chi connectivity index (χ3v) is 3.55. The quantitative estimate of drug-likeness (QED) is 0.717. The van der Waals surface area contributed by atoms with E-state index in [4.69, 9.17) is 5.73 Å². The Morgan fingerprint density at radius 2 is 2.16 bits per heavy atom. The van der Waals surface area contributed by atoms with Crippen LogP contribution >= 0.6 is 11.8 Å². The standard InChI is InChI=1S/C13H13N5S/c1-19-10-5-3-2-4-9(10)16-12-13-15-6-7-18(13)8-11(14)17-12/h2-8H,14H2,1H3,(H,16,17). The zero-order valence-electron chi connectivity index (χ0n) is 10.4. The van der Waals surface area contributed by atoms with Crippen molar-refractivity contribution in [2.24, 2.45) is 0 Å². The molecule has 0 bridgehead atoms. The van der Waals surface area contributed by atoms with Crippen LogP contribution in [0.4, 0.5) is 17.3 Å². The molecule has 2 aromatic heterocycles. The molecule has 2 heterocycles. The Morgan fingerprint density at radius 1 is 1.32 bits per heavy atom. The first kappa shape index (κ1) is 11.9. The molecule has 0 radical (unpaired) electrons. The summed E-state index contributed by atoms with van der Waals surface area (Å²) in [5, 5.41) is 3.30. The van der Waals surface area contributed by atoms with E-state index in [1.807, 2.05) is 35.1 Å². The summed E-state index contributed by atoms with van der Waals surface area (Å²) in [6, 6.07) is 8.06. The van der Waals surface area contributed by atoms with E-state index in [9.17, 15) is 0 Å². The predicted octanol–water partition coefficient (Wildman–Crippen LogP) is 2.78. The number of nitrogen functional groups attached to an aromatic ring is 1. The van der Waals surface area contributed by atoms with Crippen molar-refractivity contribution in [1.82, 2.24) is 14.4 Å². The van der Waals surface area contributed by atoms with Gasteiger partial charge in [0.15, 0.2) is 11.5 Å². The van der Waals surface area contributed by atoms with Crippen molar-refractivity contribution in [3.63, 3.8) is 0 Å². The van der Waals surface area contributed by atoms with Gasteiger partial charge in [-0.05, 0) is 18.4 Å². The van der Waals surface area contributed by atoms with Crippen LogP contribution in [0.15, 0.2) is 47.8 Å². The van der Waals surface area contributed by atoms with Gasteiger partial charge in [-0.2, -0.15) is 0 Å². The van der Waals surface area contributed by atoms with Crippen molar-refractivity contribution in [3.8, 4) is 0 Å². The lowest BCUT2D eigenvalue weighted by Gasteiger charge is -2.11. The number of imidazole rings is 1. The number of anilines is 3. The second-order valence-electron chi connectivity index (χ2n) is 4.00. The fourth-order valence-electron chi connectivity index (χ4n) is 1.91. The minimum absolute atomic E-state index is 0.453. The molecular weight excluding hydrogens is 258 g/mol. The second kappa shape index (κ2) is 4.81. The number of nitrogens with zero attached hydrogens (tertiary/aromatic N) is 3. The van der Waals surface area contributed by atoms with Crippen molar-refractivity contribution in [3.05, 3.63) is 42.9 Å². The average molecular weight is 271 g/mol. The summed E-state index contributed by atoms with van der Waals surface area (Å²) in [7, 11) is 0. The molecule has 19 heavy (non-hydrogen) atoms. The predicted molar refractivity (Wildman–Crippen MR) is 78.9 cm³/mol. The summed E-state index contributed by atoms with van der Waals surface area (Å²) in [5.74, 6) is 1.11. The molecular formula is C13H13N5S. The monoisotopic (exact) mass is 271 g/mol. The van der Waals surface area contributed by atoms with Crippen LogP contribution in [0.3, 0.4) is 0 Å². The van der Waals surface area contributed by atoms with Crippen molar-refractivity contribution in [2.75, 3.05) is 17.3 Å². The van der Waals surface area contributed by atoms with Crippen LogP contribution < -0.4 is 11.1 Å². The maximum absolute atomic E-state index is 5.80. The summed E-state index contributed by atoms with van der Waals surface area (Å²) < 4.78 is 1.85. The molecule has 0 aliphatic carbocycles. The third-order valence-electron chi connectivity index (χ3n) is 2.75. The summed E-state index contributed by atoms with van der Waals surface area (Å²) in [5.41, 5.74) is 7.56. The highest BCUT2D eigenvalue weighted by Crippen LogP contribution is 2.28. The molecule has 3 rings (SSSR count). The molecule has 0 atom stereocenters. The first-order chi connectivity index (χ1) is 9.28. The van der Waals surface area contributed by atoms with Gasteiger partial charge in [0.05, 0.1) is 11.9 Å². The van der Waals surface area contributed by atoms with Gasteiger partial charge in [0.25, 0.3) is 0 Å². The molecule has 0 fully saturated rings. The van der Waals surface area contributed by atoms with Crippen LogP contribution in [0.5, 0.6) is 0 Å². The van der Waals surface area contributed by atoms with Crippen LogP contribution in [0.25, 0.3) is 5.65 Å². The third kappa shape index (κ3) is 2.22. The van der Waals surface area contributed by atoms with E-state index in [1.54, 1.807) is 24.2 Å². The number of hydrogen-bond acceptors (Lipinski definition) is 5. The fourth-order valence-corrected chi connectivity index (χ4v) is 2.46. The first-order valence-corrected chi connectivity index (χ1v) is 6.99. The van der Waals surface area contributed by atoms with E-state index in [0.29, 0.717) is 11.6 Å². The summed E-state index contributed by atoms with van der Waals surface area (Å²) in [6.07, 6.45) is 7.35. The van der Waals surface area contributed by atoms with Crippen molar-refractivity contribution < 1.29 is 0 Å². The van der Waals surface area contributed by atoms with Gasteiger partial charge in [-0.3, -0.25) is 0 Å². The Bertz CT molecular complexity index is 722. The second-order valence-corrected chi connectivity index (χ2v) is 4.85. The van der Waals surface area contributed by atoms with Gasteiger partial charge in [-0.15, -0.1) is 11.8 Å².